The number of ether oxygens (including phenoxy) is 1. The lowest BCUT2D eigenvalue weighted by Gasteiger charge is -2.30. The fourth-order valence-corrected chi connectivity index (χ4v) is 5.79. The maximum atomic E-state index is 14.0. The summed E-state index contributed by atoms with van der Waals surface area (Å²) in [4.78, 5) is 26.3. The molecule has 40 heavy (non-hydrogen) atoms. The van der Waals surface area contributed by atoms with Crippen LogP contribution in [0.1, 0.15) is 40.0 Å². The van der Waals surface area contributed by atoms with E-state index in [2.05, 4.69) is 15.7 Å². The number of rotatable bonds is 6. The van der Waals surface area contributed by atoms with E-state index in [1.54, 1.807) is 6.07 Å². The van der Waals surface area contributed by atoms with Crippen LogP contribution in [-0.4, -0.2) is 54.8 Å². The van der Waals surface area contributed by atoms with Crippen LogP contribution in [0.15, 0.2) is 42.5 Å². The number of carbonyl (C=O) groups is 2. The smallest absolute Gasteiger partial charge is 0.422 e. The van der Waals surface area contributed by atoms with Gasteiger partial charge in [-0.05, 0) is 67.1 Å². The highest BCUT2D eigenvalue weighted by Gasteiger charge is 2.44. The van der Waals surface area contributed by atoms with E-state index in [0.717, 1.165) is 23.4 Å². The molecule has 2 amide bonds. The number of nitrogens with one attached hydrogen (secondary N) is 2. The number of aryl methyl sites for hydroxylation is 2. The third kappa shape index (κ3) is 5.67. The highest BCUT2D eigenvalue weighted by atomic mass is 32.2. The number of benzene rings is 2. The molecule has 9 nitrogen and oxygen atoms in total. The van der Waals surface area contributed by atoms with Gasteiger partial charge in [0.2, 0.25) is 5.91 Å². The molecule has 1 aliphatic heterocycles. The minimum atomic E-state index is -4.48. The topological polar surface area (TPSA) is 119 Å². The van der Waals surface area contributed by atoms with Crippen LogP contribution < -0.4 is 15.4 Å². The third-order valence-electron chi connectivity index (χ3n) is 6.85. The summed E-state index contributed by atoms with van der Waals surface area (Å²) in [5.74, 6) is -2.94. The molecule has 0 bridgehead atoms. The van der Waals surface area contributed by atoms with E-state index in [1.165, 1.54) is 35.0 Å². The highest BCUT2D eigenvalue weighted by Crippen LogP contribution is 2.44. The number of sulfone groups is 1. The van der Waals surface area contributed by atoms with Gasteiger partial charge in [0.05, 0.1) is 16.9 Å². The Bertz CT molecular complexity index is 1620. The Kier molecular flexibility index (Phi) is 6.84. The first kappa shape index (κ1) is 27.6. The van der Waals surface area contributed by atoms with Crippen LogP contribution in [0, 0.1) is 5.82 Å². The second kappa shape index (κ2) is 9.91. The lowest BCUT2D eigenvalue weighted by molar-refractivity contribution is -0.153. The van der Waals surface area contributed by atoms with Crippen molar-refractivity contribution >= 4 is 27.5 Å². The van der Waals surface area contributed by atoms with Gasteiger partial charge >= 0.3 is 6.18 Å². The minimum Gasteiger partial charge on any atom is -0.484 e. The van der Waals surface area contributed by atoms with Crippen molar-refractivity contribution in [1.29, 1.82) is 0 Å². The molecule has 2 aliphatic rings. The molecule has 0 fully saturated rings. The van der Waals surface area contributed by atoms with Crippen LogP contribution in [0.25, 0.3) is 5.69 Å². The summed E-state index contributed by atoms with van der Waals surface area (Å²) in [7, 11) is -3.70. The summed E-state index contributed by atoms with van der Waals surface area (Å²) in [6, 6.07) is 9.92. The third-order valence-corrected chi connectivity index (χ3v) is 7.63. The molecule has 0 radical (unpaired) electrons. The largest absolute Gasteiger partial charge is 0.484 e. The Morgan fingerprint density at radius 1 is 1.18 bits per heavy atom. The zero-order chi connectivity index (χ0) is 28.9. The molecule has 0 saturated heterocycles. The molecule has 3 aromatic rings. The summed E-state index contributed by atoms with van der Waals surface area (Å²) >= 11 is 0. The molecule has 2 heterocycles. The normalized spacial score (nSPS) is 18.6. The van der Waals surface area contributed by atoms with Crippen molar-refractivity contribution in [2.45, 2.75) is 37.4 Å². The Morgan fingerprint density at radius 3 is 2.62 bits per heavy atom. The molecule has 14 heteroatoms. The van der Waals surface area contributed by atoms with Gasteiger partial charge in [0.15, 0.2) is 16.4 Å². The second-order valence-electron chi connectivity index (χ2n) is 9.94. The second-order valence-corrected chi connectivity index (χ2v) is 12.1. The Labute approximate surface area is 226 Å². The molecular formula is C26H24F4N4O5S. The first-order valence-electron chi connectivity index (χ1n) is 12.2. The number of amides is 2. The van der Waals surface area contributed by atoms with E-state index < -0.39 is 51.5 Å². The van der Waals surface area contributed by atoms with Crippen molar-refractivity contribution < 1.29 is 40.3 Å². The maximum Gasteiger partial charge on any atom is 0.422 e. The lowest BCUT2D eigenvalue weighted by atomic mass is 9.87. The first-order valence-corrected chi connectivity index (χ1v) is 14.3. The summed E-state index contributed by atoms with van der Waals surface area (Å²) in [5.41, 5.74) is 1.17. The predicted octanol–water partition coefficient (Wildman–Crippen LogP) is 3.45. The quantitative estimate of drug-likeness (QED) is 0.431. The average molecular weight is 581 g/mol. The molecular weight excluding hydrogens is 556 g/mol. The van der Waals surface area contributed by atoms with Crippen LogP contribution in [0.5, 0.6) is 5.75 Å². The van der Waals surface area contributed by atoms with E-state index in [0.29, 0.717) is 25.0 Å². The van der Waals surface area contributed by atoms with Crippen LogP contribution in [0.4, 0.5) is 23.4 Å². The van der Waals surface area contributed by atoms with Gasteiger partial charge in [-0.2, -0.15) is 18.3 Å². The number of nitrogens with zero attached hydrogens (tertiary/aromatic N) is 2. The molecule has 0 saturated carbocycles. The number of alkyl halides is 3. The number of anilines is 1. The van der Waals surface area contributed by atoms with Crippen molar-refractivity contribution in [3.05, 3.63) is 70.7 Å². The lowest BCUT2D eigenvalue weighted by Crippen LogP contribution is -2.43. The molecule has 1 atom stereocenters. The van der Waals surface area contributed by atoms with Crippen LogP contribution >= 0.6 is 0 Å². The molecule has 5 rings (SSSR count). The van der Waals surface area contributed by atoms with Gasteiger partial charge < -0.3 is 15.4 Å². The van der Waals surface area contributed by atoms with E-state index in [4.69, 9.17) is 4.74 Å². The van der Waals surface area contributed by atoms with E-state index in [-0.39, 0.29) is 29.2 Å². The van der Waals surface area contributed by atoms with Gasteiger partial charge in [-0.15, -0.1) is 0 Å². The van der Waals surface area contributed by atoms with Crippen LogP contribution in [0.3, 0.4) is 0 Å². The summed E-state index contributed by atoms with van der Waals surface area (Å²) in [6.07, 6.45) is -1.98. The Balaban J connectivity index is 1.49. The van der Waals surface area contributed by atoms with Crippen molar-refractivity contribution in [3.8, 4) is 11.4 Å². The predicted molar refractivity (Wildman–Crippen MR) is 136 cm³/mol. The van der Waals surface area contributed by atoms with Gasteiger partial charge in [0.1, 0.15) is 28.7 Å². The first-order chi connectivity index (χ1) is 18.7. The molecule has 212 valence electrons. The Hall–Kier alpha value is -3.94. The van der Waals surface area contributed by atoms with Crippen molar-refractivity contribution in [2.75, 3.05) is 23.9 Å². The van der Waals surface area contributed by atoms with Gasteiger partial charge in [-0.3, -0.25) is 9.59 Å². The van der Waals surface area contributed by atoms with E-state index in [1.807, 2.05) is 0 Å². The van der Waals surface area contributed by atoms with Crippen LogP contribution in [0.2, 0.25) is 0 Å². The molecule has 2 aromatic carbocycles. The summed E-state index contributed by atoms with van der Waals surface area (Å²) in [6.45, 7) is -1.42. The summed E-state index contributed by atoms with van der Waals surface area (Å²) in [5, 5.41) is 9.99. The number of aromatic nitrogens is 2. The fraction of sp³-hybridized carbons (Fsp3) is 0.346. The average Bonchev–Trinajstić information content (AvgIpc) is 3.33. The van der Waals surface area contributed by atoms with Crippen molar-refractivity contribution in [1.82, 2.24) is 15.1 Å². The number of carbonyl (C=O) groups excluding carboxylic acids is 2. The van der Waals surface area contributed by atoms with E-state index in [9.17, 15) is 35.6 Å². The van der Waals surface area contributed by atoms with Gasteiger partial charge in [-0.25, -0.2) is 17.5 Å². The van der Waals surface area contributed by atoms with E-state index >= 15 is 0 Å². The SMILES string of the molecule is CS(=O)(=O)CC(=O)Nc1c2c(nn1-c1cccc(F)c1)CC[C@]1(CCc3cc(OCC(F)(F)F)ccc31)NC2=O. The fourth-order valence-electron chi connectivity index (χ4n) is 5.24. The van der Waals surface area contributed by atoms with Gasteiger partial charge in [-0.1, -0.05) is 12.1 Å². The molecule has 1 aliphatic carbocycles. The highest BCUT2D eigenvalue weighted by molar-refractivity contribution is 7.91. The molecule has 1 spiro atoms. The maximum absolute atomic E-state index is 14.0. The summed E-state index contributed by atoms with van der Waals surface area (Å²) < 4.78 is 81.2. The number of hydrogen-bond acceptors (Lipinski definition) is 6. The minimum absolute atomic E-state index is 0.0153. The van der Waals surface area contributed by atoms with Crippen LogP contribution in [-0.2, 0) is 33.0 Å². The van der Waals surface area contributed by atoms with Gasteiger partial charge in [0, 0.05) is 6.26 Å². The van der Waals surface area contributed by atoms with Gasteiger partial charge in [0.25, 0.3) is 5.91 Å². The Morgan fingerprint density at radius 2 is 1.93 bits per heavy atom. The molecule has 1 aromatic heterocycles. The standard InChI is InChI=1S/C26H24F4N4O5S/c1-40(37,38)13-21(35)31-23-22-20(33-34(23)17-4-2-3-16(27)12-17)8-10-25(32-24(22)36)9-7-15-11-18(5-6-19(15)25)39-14-26(28,29)30/h2-6,11-12H,7-10,13-14H2,1H3,(H,31,35)(H,32,36)/t25-/m0/s1. The molecule has 0 unspecified atom stereocenters. The number of halogens is 4. The zero-order valence-corrected chi connectivity index (χ0v) is 22.0. The zero-order valence-electron chi connectivity index (χ0n) is 21.1. The number of hydrogen-bond donors (Lipinski definition) is 2. The molecule has 2 N–H and O–H groups in total. The van der Waals surface area contributed by atoms with Crippen molar-refractivity contribution in [2.24, 2.45) is 0 Å². The van der Waals surface area contributed by atoms with Crippen molar-refractivity contribution in [3.63, 3.8) is 0 Å². The monoisotopic (exact) mass is 580 g/mol. The number of fused-ring (bicyclic) bond motifs is 3.